The molecule has 1 atom stereocenters. The molecule has 2 aromatic carbocycles. The summed E-state index contributed by atoms with van der Waals surface area (Å²) in [6.45, 7) is 8.37. The highest BCUT2D eigenvalue weighted by Gasteiger charge is 2.21. The van der Waals surface area contributed by atoms with E-state index in [4.69, 9.17) is 14.2 Å². The number of amides is 2. The molecule has 162 valence electrons. The van der Waals surface area contributed by atoms with Crippen LogP contribution in [-0.2, 0) is 5.41 Å². The van der Waals surface area contributed by atoms with Gasteiger partial charge in [-0.1, -0.05) is 39.0 Å². The molecule has 6 nitrogen and oxygen atoms in total. The zero-order chi connectivity index (χ0) is 21.6. The summed E-state index contributed by atoms with van der Waals surface area (Å²) < 4.78 is 18.2. The largest absolute Gasteiger partial charge is 0.492 e. The molecule has 2 aromatic rings. The minimum atomic E-state index is -0.229. The summed E-state index contributed by atoms with van der Waals surface area (Å²) >= 11 is 3.57. The number of carbonyl (C=O) groups is 1. The first-order valence-corrected chi connectivity index (χ1v) is 11.0. The Morgan fingerprint density at radius 1 is 1.17 bits per heavy atom. The SMILES string of the molecule is CC(C)(C)c1ccc(OCCCNC(=O)NCC2COc3ccccc3O2)c(Br)c1. The fourth-order valence-corrected chi connectivity index (χ4v) is 3.47. The molecule has 30 heavy (non-hydrogen) atoms. The number of hydrogen-bond acceptors (Lipinski definition) is 4. The monoisotopic (exact) mass is 476 g/mol. The number of fused-ring (bicyclic) bond motifs is 1. The first kappa shape index (κ1) is 22.3. The molecule has 0 spiro atoms. The maximum absolute atomic E-state index is 12.0. The standard InChI is InChI=1S/C23H29BrN2O4/c1-23(2,3)16-9-10-19(18(24)13-16)28-12-6-11-25-22(27)26-14-17-15-29-20-7-4-5-8-21(20)30-17/h4-5,7-10,13,17H,6,11-12,14-15H2,1-3H3,(H2,25,26,27). The Bertz CT molecular complexity index is 867. The summed E-state index contributed by atoms with van der Waals surface area (Å²) in [6.07, 6.45) is 0.500. The van der Waals surface area contributed by atoms with Gasteiger partial charge in [-0.3, -0.25) is 0 Å². The van der Waals surface area contributed by atoms with Crippen LogP contribution in [-0.4, -0.2) is 38.4 Å². The molecule has 0 saturated carbocycles. The number of urea groups is 1. The zero-order valence-corrected chi connectivity index (χ0v) is 19.3. The highest BCUT2D eigenvalue weighted by atomic mass is 79.9. The summed E-state index contributed by atoms with van der Waals surface area (Å²) in [7, 11) is 0. The first-order valence-electron chi connectivity index (χ1n) is 10.2. The average Bonchev–Trinajstić information content (AvgIpc) is 2.72. The van der Waals surface area contributed by atoms with E-state index in [0.29, 0.717) is 38.5 Å². The lowest BCUT2D eigenvalue weighted by molar-refractivity contribution is 0.0918. The lowest BCUT2D eigenvalue weighted by atomic mass is 9.87. The molecular formula is C23H29BrN2O4. The molecule has 0 bridgehead atoms. The van der Waals surface area contributed by atoms with Gasteiger partial charge in [-0.15, -0.1) is 0 Å². The van der Waals surface area contributed by atoms with Crippen LogP contribution in [0, 0.1) is 0 Å². The minimum absolute atomic E-state index is 0.0938. The van der Waals surface area contributed by atoms with Crippen molar-refractivity contribution in [1.29, 1.82) is 0 Å². The second kappa shape index (κ2) is 10.1. The minimum Gasteiger partial charge on any atom is -0.492 e. The molecular weight excluding hydrogens is 448 g/mol. The number of ether oxygens (including phenoxy) is 3. The number of carbonyl (C=O) groups excluding carboxylic acids is 1. The molecule has 1 heterocycles. The Kier molecular flexibility index (Phi) is 7.48. The van der Waals surface area contributed by atoms with E-state index in [1.165, 1.54) is 5.56 Å². The molecule has 2 amide bonds. The van der Waals surface area contributed by atoms with Gasteiger partial charge in [0, 0.05) is 6.54 Å². The van der Waals surface area contributed by atoms with Crippen molar-refractivity contribution >= 4 is 22.0 Å². The van der Waals surface area contributed by atoms with Crippen LogP contribution in [0.5, 0.6) is 17.2 Å². The summed E-state index contributed by atoms with van der Waals surface area (Å²) in [5.41, 5.74) is 1.34. The van der Waals surface area contributed by atoms with Crippen molar-refractivity contribution in [3.63, 3.8) is 0 Å². The third-order valence-electron chi connectivity index (χ3n) is 4.72. The van der Waals surface area contributed by atoms with Crippen molar-refractivity contribution in [1.82, 2.24) is 10.6 Å². The van der Waals surface area contributed by atoms with E-state index < -0.39 is 0 Å². The van der Waals surface area contributed by atoms with Gasteiger partial charge in [0.1, 0.15) is 12.4 Å². The summed E-state index contributed by atoms with van der Waals surface area (Å²) in [5.74, 6) is 2.25. The van der Waals surface area contributed by atoms with Gasteiger partial charge in [0.05, 0.1) is 17.6 Å². The van der Waals surface area contributed by atoms with Crippen LogP contribution in [0.25, 0.3) is 0 Å². The van der Waals surface area contributed by atoms with Crippen molar-refractivity contribution in [2.75, 3.05) is 26.3 Å². The quantitative estimate of drug-likeness (QED) is 0.570. The van der Waals surface area contributed by atoms with Gasteiger partial charge in [0.25, 0.3) is 0 Å². The number of para-hydroxylation sites is 2. The van der Waals surface area contributed by atoms with E-state index >= 15 is 0 Å². The molecule has 0 radical (unpaired) electrons. The Balaban J connectivity index is 1.31. The number of rotatable bonds is 7. The molecule has 3 rings (SSSR count). The predicted molar refractivity (Wildman–Crippen MR) is 121 cm³/mol. The molecule has 1 aliphatic heterocycles. The van der Waals surface area contributed by atoms with E-state index in [-0.39, 0.29) is 17.6 Å². The molecule has 7 heteroatoms. The molecule has 1 aliphatic rings. The van der Waals surface area contributed by atoms with Crippen molar-refractivity contribution < 1.29 is 19.0 Å². The molecule has 0 fully saturated rings. The fraction of sp³-hybridized carbons (Fsp3) is 0.435. The van der Waals surface area contributed by atoms with Crippen molar-refractivity contribution in [2.24, 2.45) is 0 Å². The van der Waals surface area contributed by atoms with E-state index in [9.17, 15) is 4.79 Å². The summed E-state index contributed by atoms with van der Waals surface area (Å²) in [4.78, 5) is 12.0. The zero-order valence-electron chi connectivity index (χ0n) is 17.7. The maximum Gasteiger partial charge on any atom is 0.314 e. The highest BCUT2D eigenvalue weighted by molar-refractivity contribution is 9.10. The van der Waals surface area contributed by atoms with Gasteiger partial charge in [-0.25, -0.2) is 4.79 Å². The Hall–Kier alpha value is -2.41. The van der Waals surface area contributed by atoms with Crippen LogP contribution >= 0.6 is 15.9 Å². The third kappa shape index (κ3) is 6.29. The van der Waals surface area contributed by atoms with Crippen LogP contribution in [0.4, 0.5) is 4.79 Å². The molecule has 0 saturated heterocycles. The smallest absolute Gasteiger partial charge is 0.314 e. The number of benzene rings is 2. The Labute approximate surface area is 186 Å². The number of hydrogen-bond donors (Lipinski definition) is 2. The Morgan fingerprint density at radius 2 is 1.93 bits per heavy atom. The van der Waals surface area contributed by atoms with Crippen LogP contribution in [0.15, 0.2) is 46.9 Å². The number of halogens is 1. The summed E-state index contributed by atoms with van der Waals surface area (Å²) in [6, 6.07) is 13.4. The highest BCUT2D eigenvalue weighted by Crippen LogP contribution is 2.32. The Morgan fingerprint density at radius 3 is 2.67 bits per heavy atom. The van der Waals surface area contributed by atoms with E-state index in [1.807, 2.05) is 30.3 Å². The van der Waals surface area contributed by atoms with Crippen LogP contribution in [0.2, 0.25) is 0 Å². The van der Waals surface area contributed by atoms with Gasteiger partial charge < -0.3 is 24.8 Å². The lowest BCUT2D eigenvalue weighted by Crippen LogP contribution is -2.44. The van der Waals surface area contributed by atoms with Gasteiger partial charge in [-0.2, -0.15) is 0 Å². The van der Waals surface area contributed by atoms with Crippen LogP contribution in [0.3, 0.4) is 0 Å². The number of nitrogens with one attached hydrogen (secondary N) is 2. The van der Waals surface area contributed by atoms with Gasteiger partial charge in [0.15, 0.2) is 17.6 Å². The third-order valence-corrected chi connectivity index (χ3v) is 5.34. The normalized spacial score (nSPS) is 15.4. The lowest BCUT2D eigenvalue weighted by Gasteiger charge is -2.26. The van der Waals surface area contributed by atoms with Gasteiger partial charge >= 0.3 is 6.03 Å². The van der Waals surface area contributed by atoms with Gasteiger partial charge in [0.2, 0.25) is 0 Å². The second-order valence-corrected chi connectivity index (χ2v) is 9.09. The topological polar surface area (TPSA) is 68.8 Å². The van der Waals surface area contributed by atoms with Crippen molar-refractivity contribution in [3.8, 4) is 17.2 Å². The molecule has 2 N–H and O–H groups in total. The van der Waals surface area contributed by atoms with Crippen molar-refractivity contribution in [3.05, 3.63) is 52.5 Å². The van der Waals surface area contributed by atoms with E-state index in [2.05, 4.69) is 59.5 Å². The average molecular weight is 477 g/mol. The van der Waals surface area contributed by atoms with Crippen LogP contribution < -0.4 is 24.8 Å². The van der Waals surface area contributed by atoms with E-state index in [0.717, 1.165) is 16.0 Å². The predicted octanol–water partition coefficient (Wildman–Crippen LogP) is 4.65. The molecule has 1 unspecified atom stereocenters. The summed E-state index contributed by atoms with van der Waals surface area (Å²) in [5, 5.41) is 5.65. The van der Waals surface area contributed by atoms with Crippen LogP contribution in [0.1, 0.15) is 32.8 Å². The maximum atomic E-state index is 12.0. The van der Waals surface area contributed by atoms with E-state index in [1.54, 1.807) is 0 Å². The first-order chi connectivity index (χ1) is 14.3. The van der Waals surface area contributed by atoms with Crippen molar-refractivity contribution in [2.45, 2.75) is 38.7 Å². The second-order valence-electron chi connectivity index (χ2n) is 8.23. The fourth-order valence-electron chi connectivity index (χ4n) is 2.97. The molecule has 0 aromatic heterocycles. The molecule has 0 aliphatic carbocycles. The van der Waals surface area contributed by atoms with Gasteiger partial charge in [-0.05, 0) is 57.6 Å².